The van der Waals surface area contributed by atoms with E-state index >= 15 is 0 Å². The third-order valence-electron chi connectivity index (χ3n) is 6.29. The van der Waals surface area contributed by atoms with Crippen LogP contribution in [0.5, 0.6) is 5.88 Å². The number of aromatic nitrogens is 2. The molecule has 0 saturated carbocycles. The largest absolute Gasteiger partial charge is 0.469 e. The van der Waals surface area contributed by atoms with Crippen LogP contribution in [-0.2, 0) is 6.54 Å². The predicted octanol–water partition coefficient (Wildman–Crippen LogP) is 6.37. The van der Waals surface area contributed by atoms with E-state index in [0.717, 1.165) is 11.1 Å². The number of hydrogen-bond acceptors (Lipinski definition) is 6. The van der Waals surface area contributed by atoms with Crippen molar-refractivity contribution in [1.82, 2.24) is 9.78 Å². The lowest BCUT2D eigenvalue weighted by molar-refractivity contribution is -0.385. The third kappa shape index (κ3) is 5.85. The molecule has 3 aromatic rings. The lowest BCUT2D eigenvalue weighted by Gasteiger charge is -2.15. The smallest absolute Gasteiger partial charge is 0.277 e. The summed E-state index contributed by atoms with van der Waals surface area (Å²) in [7, 11) is 0. The molecule has 0 saturated heterocycles. The molecule has 3 rings (SSSR count). The van der Waals surface area contributed by atoms with Crippen LogP contribution in [0, 0.1) is 29.9 Å². The van der Waals surface area contributed by atoms with Crippen molar-refractivity contribution in [3.63, 3.8) is 0 Å². The van der Waals surface area contributed by atoms with Crippen LogP contribution < -0.4 is 4.74 Å². The highest BCUT2D eigenvalue weighted by molar-refractivity contribution is 6.13. The molecular formula is C29H33N3O5. The molecule has 0 spiro atoms. The minimum Gasteiger partial charge on any atom is -0.469 e. The van der Waals surface area contributed by atoms with Crippen molar-refractivity contribution in [2.24, 2.45) is 5.92 Å². The Morgan fingerprint density at radius 3 is 2.24 bits per heavy atom. The Kier molecular flexibility index (Phi) is 8.42. The standard InChI is InChI=1S/C29H33N3O5/c1-17(2)15-31-29(37-16-25(33)22-11-9-8-10-12-22)27(21(7)30-31)28(34)23-13-14-24(32(35)36)26(20(23)6)19(5)18(3)4/h8-14,17H,15-16H2,1-7H3. The number of nitrogens with zero attached hydrogens (tertiary/aromatic N) is 3. The van der Waals surface area contributed by atoms with Crippen LogP contribution in [-0.4, -0.2) is 32.9 Å². The maximum Gasteiger partial charge on any atom is 0.277 e. The summed E-state index contributed by atoms with van der Waals surface area (Å²) in [5.74, 6) is -0.145. The van der Waals surface area contributed by atoms with E-state index in [4.69, 9.17) is 4.74 Å². The van der Waals surface area contributed by atoms with Gasteiger partial charge in [-0.2, -0.15) is 5.10 Å². The first-order chi connectivity index (χ1) is 17.4. The van der Waals surface area contributed by atoms with Gasteiger partial charge in [0.25, 0.3) is 5.69 Å². The van der Waals surface area contributed by atoms with E-state index in [1.165, 1.54) is 12.1 Å². The summed E-state index contributed by atoms with van der Waals surface area (Å²) >= 11 is 0. The summed E-state index contributed by atoms with van der Waals surface area (Å²) in [5.41, 5.74) is 4.11. The second-order valence-electron chi connectivity index (χ2n) is 9.76. The Labute approximate surface area is 217 Å². The predicted molar refractivity (Wildman–Crippen MR) is 143 cm³/mol. The lowest BCUT2D eigenvalue weighted by atomic mass is 9.90. The molecular weight excluding hydrogens is 470 g/mol. The minimum absolute atomic E-state index is 0.0510. The Hall–Kier alpha value is -4.07. The number of Topliss-reactive ketones (excluding diaryl/α,β-unsaturated/α-hetero) is 1. The first kappa shape index (κ1) is 27.5. The molecule has 0 aliphatic rings. The molecule has 0 radical (unpaired) electrons. The number of nitro benzene ring substituents is 1. The van der Waals surface area contributed by atoms with Gasteiger partial charge in [0.1, 0.15) is 5.56 Å². The number of hydrogen-bond donors (Lipinski definition) is 0. The van der Waals surface area contributed by atoms with Gasteiger partial charge in [-0.3, -0.25) is 19.7 Å². The molecule has 0 atom stereocenters. The zero-order valence-electron chi connectivity index (χ0n) is 22.4. The topological polar surface area (TPSA) is 104 Å². The van der Waals surface area contributed by atoms with Crippen LogP contribution >= 0.6 is 0 Å². The minimum atomic E-state index is -0.432. The fourth-order valence-electron chi connectivity index (χ4n) is 4.23. The van der Waals surface area contributed by atoms with Gasteiger partial charge in [0, 0.05) is 23.7 Å². The highest BCUT2D eigenvalue weighted by Crippen LogP contribution is 2.35. The summed E-state index contributed by atoms with van der Waals surface area (Å²) in [6.07, 6.45) is 0. The summed E-state index contributed by atoms with van der Waals surface area (Å²) < 4.78 is 7.60. The molecule has 1 aromatic heterocycles. The number of rotatable bonds is 10. The maximum atomic E-state index is 13.9. The van der Waals surface area contributed by atoms with Gasteiger partial charge < -0.3 is 4.74 Å². The number of carbonyl (C=O) groups is 2. The van der Waals surface area contributed by atoms with Gasteiger partial charge in [-0.1, -0.05) is 49.8 Å². The van der Waals surface area contributed by atoms with Crippen LogP contribution in [0.4, 0.5) is 5.69 Å². The second-order valence-corrected chi connectivity index (χ2v) is 9.76. The van der Waals surface area contributed by atoms with Crippen molar-refractivity contribution in [1.29, 1.82) is 0 Å². The number of benzene rings is 2. The van der Waals surface area contributed by atoms with E-state index in [9.17, 15) is 19.7 Å². The van der Waals surface area contributed by atoms with Gasteiger partial charge in [-0.25, -0.2) is 4.68 Å². The summed E-state index contributed by atoms with van der Waals surface area (Å²) in [4.78, 5) is 38.0. The van der Waals surface area contributed by atoms with E-state index in [1.54, 1.807) is 42.8 Å². The number of ketones is 2. The average Bonchev–Trinajstić information content (AvgIpc) is 3.15. The molecule has 0 N–H and O–H groups in total. The van der Waals surface area contributed by atoms with E-state index in [0.29, 0.717) is 34.5 Å². The molecule has 194 valence electrons. The van der Waals surface area contributed by atoms with E-state index in [2.05, 4.69) is 5.10 Å². The molecule has 0 fully saturated rings. The average molecular weight is 504 g/mol. The van der Waals surface area contributed by atoms with E-state index in [1.807, 2.05) is 40.7 Å². The fourth-order valence-corrected chi connectivity index (χ4v) is 4.23. The molecule has 0 amide bonds. The second kappa shape index (κ2) is 11.3. The zero-order chi connectivity index (χ0) is 27.4. The van der Waals surface area contributed by atoms with Crippen LogP contribution in [0.25, 0.3) is 5.57 Å². The monoisotopic (exact) mass is 503 g/mol. The molecule has 0 aliphatic carbocycles. The summed E-state index contributed by atoms with van der Waals surface area (Å²) in [6, 6.07) is 11.7. The zero-order valence-corrected chi connectivity index (χ0v) is 22.4. The van der Waals surface area contributed by atoms with Crippen molar-refractivity contribution >= 4 is 22.8 Å². The van der Waals surface area contributed by atoms with Crippen molar-refractivity contribution in [2.75, 3.05) is 6.61 Å². The SMILES string of the molecule is CC(C)=C(C)c1c([N+](=O)[O-])ccc(C(=O)c2c(C)nn(CC(C)C)c2OCC(=O)c2ccccc2)c1C. The Bertz CT molecular complexity index is 1380. The third-order valence-corrected chi connectivity index (χ3v) is 6.29. The van der Waals surface area contributed by atoms with Crippen molar-refractivity contribution in [3.05, 3.63) is 91.7 Å². The highest BCUT2D eigenvalue weighted by Gasteiger charge is 2.29. The first-order valence-corrected chi connectivity index (χ1v) is 12.2. The normalized spacial score (nSPS) is 10.9. The molecule has 1 heterocycles. The van der Waals surface area contributed by atoms with E-state index < -0.39 is 4.92 Å². The number of allylic oxidation sites excluding steroid dienone is 2. The Balaban J connectivity index is 2.12. The van der Waals surface area contributed by atoms with E-state index in [-0.39, 0.29) is 41.2 Å². The van der Waals surface area contributed by atoms with Crippen molar-refractivity contribution in [2.45, 2.75) is 55.0 Å². The molecule has 0 aliphatic heterocycles. The fraction of sp³-hybridized carbons (Fsp3) is 0.345. The molecule has 37 heavy (non-hydrogen) atoms. The molecule has 8 nitrogen and oxygen atoms in total. The number of nitro groups is 1. The van der Waals surface area contributed by atoms with Crippen LogP contribution in [0.1, 0.15) is 77.7 Å². The summed E-state index contributed by atoms with van der Waals surface area (Å²) in [6.45, 7) is 13.3. The van der Waals surface area contributed by atoms with Gasteiger partial charge in [-0.15, -0.1) is 0 Å². The number of carbonyl (C=O) groups excluding carboxylic acids is 2. The molecule has 0 bridgehead atoms. The van der Waals surface area contributed by atoms with Gasteiger partial charge in [0.05, 0.1) is 16.2 Å². The number of aryl methyl sites for hydroxylation is 1. The molecule has 8 heteroatoms. The van der Waals surface area contributed by atoms with Crippen molar-refractivity contribution in [3.8, 4) is 5.88 Å². The van der Waals surface area contributed by atoms with Crippen molar-refractivity contribution < 1.29 is 19.2 Å². The summed E-state index contributed by atoms with van der Waals surface area (Å²) in [5, 5.41) is 16.3. The Morgan fingerprint density at radius 1 is 1.03 bits per heavy atom. The van der Waals surface area contributed by atoms with Gasteiger partial charge in [-0.05, 0) is 57.7 Å². The maximum absolute atomic E-state index is 13.9. The van der Waals surface area contributed by atoms with Crippen LogP contribution in [0.3, 0.4) is 0 Å². The van der Waals surface area contributed by atoms with Crippen LogP contribution in [0.2, 0.25) is 0 Å². The van der Waals surface area contributed by atoms with Gasteiger partial charge in [0.15, 0.2) is 12.4 Å². The van der Waals surface area contributed by atoms with Gasteiger partial charge in [0.2, 0.25) is 11.7 Å². The Morgan fingerprint density at radius 2 is 1.68 bits per heavy atom. The van der Waals surface area contributed by atoms with Crippen LogP contribution in [0.15, 0.2) is 48.0 Å². The quantitative estimate of drug-likeness (QED) is 0.181. The highest BCUT2D eigenvalue weighted by atomic mass is 16.6. The first-order valence-electron chi connectivity index (χ1n) is 12.2. The molecule has 2 aromatic carbocycles. The number of ether oxygens (including phenoxy) is 1. The lowest BCUT2D eigenvalue weighted by Crippen LogP contribution is -2.17. The van der Waals surface area contributed by atoms with Gasteiger partial charge >= 0.3 is 0 Å². The molecule has 0 unspecified atom stereocenters.